The van der Waals surface area contributed by atoms with Gasteiger partial charge in [0.05, 0.1) is 40.8 Å². The summed E-state index contributed by atoms with van der Waals surface area (Å²) in [5.41, 5.74) is 2.96. The summed E-state index contributed by atoms with van der Waals surface area (Å²) in [4.78, 5) is 54.2. The Balaban J connectivity index is 1.53. The molecular weight excluding hydrogens is 450 g/mol. The number of ether oxygens (including phenoxy) is 1. The fraction of sp³-hybridized carbons (Fsp3) is 0.346. The van der Waals surface area contributed by atoms with Crippen molar-refractivity contribution < 1.29 is 24.2 Å². The number of nitrogens with zero attached hydrogens (tertiary/aromatic N) is 2. The first-order valence-electron chi connectivity index (χ1n) is 11.7. The maximum atomic E-state index is 13.5. The molecule has 2 N–H and O–H groups in total. The standard InChI is InChI=1S/C26H25N3O6/c1-2-26(9-10-27-21(30)7-8-22(31)32)18-12-20-23-16(11-15-5-3-4-6-19(15)28-23)13-29(20)24(33)17(18)14-35-25(26)34/h3-6,11-12H,2,7-10,13-14H2,1H3,(H,27,30)(H,31,32). The highest BCUT2D eigenvalue weighted by Gasteiger charge is 2.46. The molecule has 3 aromatic rings. The van der Waals surface area contributed by atoms with E-state index in [-0.39, 0.29) is 38.0 Å². The van der Waals surface area contributed by atoms with E-state index in [1.807, 2.05) is 43.3 Å². The number of carbonyl (C=O) groups excluding carboxylic acids is 2. The zero-order valence-electron chi connectivity index (χ0n) is 19.3. The van der Waals surface area contributed by atoms with Crippen molar-refractivity contribution >= 4 is 28.7 Å². The summed E-state index contributed by atoms with van der Waals surface area (Å²) in [5.74, 6) is -1.88. The van der Waals surface area contributed by atoms with Gasteiger partial charge in [-0.25, -0.2) is 4.98 Å². The Kier molecular flexibility index (Phi) is 5.62. The van der Waals surface area contributed by atoms with Crippen LogP contribution in [0, 0.1) is 0 Å². The molecule has 180 valence electrons. The van der Waals surface area contributed by atoms with E-state index in [0.29, 0.717) is 29.8 Å². The normalized spacial score (nSPS) is 17.9. The van der Waals surface area contributed by atoms with Crippen molar-refractivity contribution in [1.29, 1.82) is 0 Å². The van der Waals surface area contributed by atoms with Crippen LogP contribution in [-0.4, -0.2) is 39.0 Å². The SMILES string of the molecule is CCC1(CCNC(=O)CCC(=O)O)C(=O)OCc2c1cc1n(c2=O)Cc2cc3ccccc3nc2-1. The lowest BCUT2D eigenvalue weighted by atomic mass is 9.72. The van der Waals surface area contributed by atoms with Crippen LogP contribution in [0.15, 0.2) is 41.2 Å². The Bertz CT molecular complexity index is 1440. The van der Waals surface area contributed by atoms with Crippen LogP contribution < -0.4 is 10.9 Å². The second-order valence-electron chi connectivity index (χ2n) is 9.01. The highest BCUT2D eigenvalue weighted by molar-refractivity contribution is 5.87. The molecule has 1 unspecified atom stereocenters. The number of pyridine rings is 2. The van der Waals surface area contributed by atoms with E-state index in [1.54, 1.807) is 4.57 Å². The van der Waals surface area contributed by atoms with Crippen LogP contribution in [0.3, 0.4) is 0 Å². The van der Waals surface area contributed by atoms with E-state index in [1.165, 1.54) is 0 Å². The summed E-state index contributed by atoms with van der Waals surface area (Å²) in [7, 11) is 0. The number of fused-ring (bicyclic) bond motifs is 5. The minimum Gasteiger partial charge on any atom is -0.481 e. The van der Waals surface area contributed by atoms with Crippen molar-refractivity contribution in [3.63, 3.8) is 0 Å². The van der Waals surface area contributed by atoms with Gasteiger partial charge in [-0.05, 0) is 36.6 Å². The Morgan fingerprint density at radius 1 is 1.20 bits per heavy atom. The highest BCUT2D eigenvalue weighted by atomic mass is 16.5. The number of nitrogens with one attached hydrogen (secondary N) is 1. The number of hydrogen-bond donors (Lipinski definition) is 2. The molecule has 0 aliphatic carbocycles. The van der Waals surface area contributed by atoms with Gasteiger partial charge in [0.1, 0.15) is 6.61 Å². The zero-order valence-corrected chi connectivity index (χ0v) is 19.3. The van der Waals surface area contributed by atoms with Gasteiger partial charge in [-0.15, -0.1) is 0 Å². The number of esters is 1. The van der Waals surface area contributed by atoms with E-state index in [0.717, 1.165) is 22.2 Å². The van der Waals surface area contributed by atoms with Crippen molar-refractivity contribution in [3.8, 4) is 11.4 Å². The van der Waals surface area contributed by atoms with Gasteiger partial charge in [-0.2, -0.15) is 0 Å². The lowest BCUT2D eigenvalue weighted by Crippen LogP contribution is -2.46. The number of rotatable bonds is 7. The second kappa shape index (κ2) is 8.65. The van der Waals surface area contributed by atoms with Gasteiger partial charge in [-0.3, -0.25) is 19.2 Å². The summed E-state index contributed by atoms with van der Waals surface area (Å²) in [6, 6.07) is 11.7. The molecule has 9 heteroatoms. The molecule has 2 aliphatic heterocycles. The molecule has 0 saturated carbocycles. The minimum atomic E-state index is -1.10. The number of aromatic nitrogens is 2. The van der Waals surface area contributed by atoms with Crippen LogP contribution in [0.5, 0.6) is 0 Å². The Morgan fingerprint density at radius 3 is 2.77 bits per heavy atom. The molecule has 2 aromatic heterocycles. The lowest BCUT2D eigenvalue weighted by Gasteiger charge is -2.36. The van der Waals surface area contributed by atoms with Gasteiger partial charge in [0.15, 0.2) is 0 Å². The number of carbonyl (C=O) groups is 3. The van der Waals surface area contributed by atoms with Crippen LogP contribution in [-0.2, 0) is 37.7 Å². The molecule has 5 rings (SSSR count). The molecule has 35 heavy (non-hydrogen) atoms. The average Bonchev–Trinajstić information content (AvgIpc) is 3.20. The summed E-state index contributed by atoms with van der Waals surface area (Å²) in [6.07, 6.45) is 0.208. The zero-order chi connectivity index (χ0) is 24.7. The largest absolute Gasteiger partial charge is 0.481 e. The molecule has 9 nitrogen and oxygen atoms in total. The lowest BCUT2D eigenvalue weighted by molar-refractivity contribution is -0.155. The third-order valence-corrected chi connectivity index (χ3v) is 7.07. The van der Waals surface area contributed by atoms with Gasteiger partial charge in [-0.1, -0.05) is 25.1 Å². The molecule has 4 heterocycles. The number of para-hydroxylation sites is 1. The quantitative estimate of drug-likeness (QED) is 0.393. The highest BCUT2D eigenvalue weighted by Crippen LogP contribution is 2.41. The molecule has 0 spiro atoms. The van der Waals surface area contributed by atoms with Gasteiger partial charge in [0.2, 0.25) is 5.91 Å². The predicted octanol–water partition coefficient (Wildman–Crippen LogP) is 2.50. The molecule has 1 aromatic carbocycles. The summed E-state index contributed by atoms with van der Waals surface area (Å²) >= 11 is 0. The van der Waals surface area contributed by atoms with Crippen molar-refractivity contribution in [3.05, 3.63) is 63.4 Å². The van der Waals surface area contributed by atoms with Crippen LogP contribution in [0.2, 0.25) is 0 Å². The van der Waals surface area contributed by atoms with Gasteiger partial charge >= 0.3 is 11.9 Å². The molecular formula is C26H25N3O6. The van der Waals surface area contributed by atoms with Crippen molar-refractivity contribution in [2.75, 3.05) is 6.54 Å². The Hall–Kier alpha value is -4.01. The fourth-order valence-electron chi connectivity index (χ4n) is 5.14. The molecule has 0 fully saturated rings. The topological polar surface area (TPSA) is 128 Å². The second-order valence-corrected chi connectivity index (χ2v) is 9.01. The van der Waals surface area contributed by atoms with E-state index >= 15 is 0 Å². The summed E-state index contributed by atoms with van der Waals surface area (Å²) in [5, 5.41) is 12.5. The van der Waals surface area contributed by atoms with Gasteiger partial charge < -0.3 is 19.7 Å². The number of amides is 1. The summed E-state index contributed by atoms with van der Waals surface area (Å²) in [6.45, 7) is 2.32. The first-order valence-corrected chi connectivity index (χ1v) is 11.7. The molecule has 2 aliphatic rings. The first kappa shape index (κ1) is 22.8. The third-order valence-electron chi connectivity index (χ3n) is 7.07. The number of cyclic esters (lactones) is 1. The van der Waals surface area contributed by atoms with Crippen LogP contribution >= 0.6 is 0 Å². The van der Waals surface area contributed by atoms with Crippen molar-refractivity contribution in [2.24, 2.45) is 0 Å². The fourth-order valence-corrected chi connectivity index (χ4v) is 5.14. The molecule has 0 bridgehead atoms. The monoisotopic (exact) mass is 475 g/mol. The van der Waals surface area contributed by atoms with Gasteiger partial charge in [0, 0.05) is 23.9 Å². The molecule has 0 radical (unpaired) electrons. The van der Waals surface area contributed by atoms with Crippen molar-refractivity contribution in [1.82, 2.24) is 14.9 Å². The Labute approximate surface area is 200 Å². The minimum absolute atomic E-state index is 0.0915. The molecule has 0 saturated heterocycles. The number of benzene rings is 1. The van der Waals surface area contributed by atoms with Crippen LogP contribution in [0.4, 0.5) is 0 Å². The number of hydrogen-bond acceptors (Lipinski definition) is 6. The van der Waals surface area contributed by atoms with E-state index < -0.39 is 23.3 Å². The third kappa shape index (κ3) is 3.77. The van der Waals surface area contributed by atoms with Crippen molar-refractivity contribution in [2.45, 2.75) is 51.2 Å². The van der Waals surface area contributed by atoms with Crippen LogP contribution in [0.1, 0.15) is 49.3 Å². The maximum absolute atomic E-state index is 13.5. The van der Waals surface area contributed by atoms with Gasteiger partial charge in [0.25, 0.3) is 5.56 Å². The Morgan fingerprint density at radius 2 is 2.00 bits per heavy atom. The average molecular weight is 476 g/mol. The van der Waals surface area contributed by atoms with Crippen LogP contribution in [0.25, 0.3) is 22.3 Å². The van der Waals surface area contributed by atoms with E-state index in [9.17, 15) is 19.2 Å². The summed E-state index contributed by atoms with van der Waals surface area (Å²) < 4.78 is 7.15. The maximum Gasteiger partial charge on any atom is 0.316 e. The predicted molar refractivity (Wildman–Crippen MR) is 127 cm³/mol. The number of carboxylic acid groups (broad SMARTS) is 1. The molecule has 1 atom stereocenters. The van der Waals surface area contributed by atoms with E-state index in [4.69, 9.17) is 14.8 Å². The number of aliphatic carboxylic acids is 1. The number of carboxylic acids is 1. The first-order chi connectivity index (χ1) is 16.8. The molecule has 1 amide bonds. The smallest absolute Gasteiger partial charge is 0.316 e. The van der Waals surface area contributed by atoms with E-state index in [2.05, 4.69) is 5.32 Å².